The lowest BCUT2D eigenvalue weighted by atomic mass is 10.4. The molecule has 1 nitrogen and oxygen atoms in total. The highest BCUT2D eigenvalue weighted by Gasteiger charge is 2.19. The number of hydrogen-bond acceptors (Lipinski definition) is 1. The molecule has 0 atom stereocenters. The molecule has 0 bridgehead atoms. The summed E-state index contributed by atoms with van der Waals surface area (Å²) >= 11 is 0. The molecule has 0 radical (unpaired) electrons. The van der Waals surface area contributed by atoms with Gasteiger partial charge in [0.15, 0.2) is 0 Å². The van der Waals surface area contributed by atoms with Crippen molar-refractivity contribution in [1.82, 2.24) is 5.32 Å². The monoisotopic (exact) mass is 109 g/mol. The van der Waals surface area contributed by atoms with Crippen LogP contribution in [0.25, 0.3) is 0 Å². The number of terminal acetylenes is 1. The Bertz CT molecular complexity index is 97.4. The van der Waals surface area contributed by atoms with Gasteiger partial charge in [-0.25, -0.2) is 0 Å². The molecule has 0 saturated heterocycles. The minimum absolute atomic E-state index is 0.809. The highest BCUT2D eigenvalue weighted by atomic mass is 14.9. The Kier molecular flexibility index (Phi) is 1.93. The first-order chi connectivity index (χ1) is 3.93. The molecule has 0 heterocycles. The molecule has 1 rings (SSSR count). The van der Waals surface area contributed by atoms with E-state index in [-0.39, 0.29) is 0 Å². The lowest BCUT2D eigenvalue weighted by molar-refractivity contribution is 0.696. The molecule has 1 saturated carbocycles. The third-order valence-corrected chi connectivity index (χ3v) is 1.28. The average Bonchev–Trinajstić information content (AvgIpc) is 2.51. The molecular formula is C7H11N. The quantitative estimate of drug-likeness (QED) is 0.417. The molecule has 1 N–H and O–H groups in total. The van der Waals surface area contributed by atoms with Crippen molar-refractivity contribution in [2.45, 2.75) is 25.3 Å². The Labute approximate surface area is 50.5 Å². The van der Waals surface area contributed by atoms with E-state index in [1.54, 1.807) is 0 Å². The van der Waals surface area contributed by atoms with Gasteiger partial charge in [0, 0.05) is 19.0 Å². The second-order valence-electron chi connectivity index (χ2n) is 2.18. The van der Waals surface area contributed by atoms with Crippen LogP contribution in [-0.4, -0.2) is 12.6 Å². The van der Waals surface area contributed by atoms with E-state index in [1.165, 1.54) is 12.8 Å². The van der Waals surface area contributed by atoms with Gasteiger partial charge in [0.05, 0.1) is 0 Å². The van der Waals surface area contributed by atoms with Crippen molar-refractivity contribution in [3.8, 4) is 12.3 Å². The van der Waals surface area contributed by atoms with Crippen molar-refractivity contribution < 1.29 is 0 Å². The van der Waals surface area contributed by atoms with E-state index in [2.05, 4.69) is 11.2 Å². The van der Waals surface area contributed by atoms with E-state index >= 15 is 0 Å². The average molecular weight is 109 g/mol. The van der Waals surface area contributed by atoms with E-state index < -0.39 is 0 Å². The molecule has 1 aliphatic carbocycles. The van der Waals surface area contributed by atoms with Gasteiger partial charge >= 0.3 is 0 Å². The van der Waals surface area contributed by atoms with Crippen LogP contribution >= 0.6 is 0 Å². The molecule has 1 aliphatic rings. The third kappa shape index (κ3) is 1.99. The van der Waals surface area contributed by atoms with Gasteiger partial charge < -0.3 is 5.32 Å². The summed E-state index contributed by atoms with van der Waals surface area (Å²) in [5.41, 5.74) is 0. The number of rotatable bonds is 3. The van der Waals surface area contributed by atoms with E-state index in [1.807, 2.05) is 0 Å². The van der Waals surface area contributed by atoms with Crippen molar-refractivity contribution in [3.05, 3.63) is 0 Å². The smallest absolute Gasteiger partial charge is 0.0211 e. The molecule has 1 heteroatoms. The van der Waals surface area contributed by atoms with Crippen LogP contribution in [0.1, 0.15) is 19.3 Å². The summed E-state index contributed by atoms with van der Waals surface area (Å²) in [5, 5.41) is 3.32. The molecule has 8 heavy (non-hydrogen) atoms. The zero-order valence-corrected chi connectivity index (χ0v) is 4.98. The molecule has 44 valence electrons. The fraction of sp³-hybridized carbons (Fsp3) is 0.714. The zero-order chi connectivity index (χ0) is 5.82. The normalized spacial score (nSPS) is 17.9. The molecule has 0 aromatic heterocycles. The van der Waals surface area contributed by atoms with Crippen LogP contribution in [-0.2, 0) is 0 Å². The minimum atomic E-state index is 0.809. The zero-order valence-electron chi connectivity index (χ0n) is 4.98. The van der Waals surface area contributed by atoms with Crippen LogP contribution in [0.3, 0.4) is 0 Å². The topological polar surface area (TPSA) is 12.0 Å². The van der Waals surface area contributed by atoms with Gasteiger partial charge in [0.1, 0.15) is 0 Å². The Balaban J connectivity index is 1.83. The van der Waals surface area contributed by atoms with E-state index in [4.69, 9.17) is 6.42 Å². The summed E-state index contributed by atoms with van der Waals surface area (Å²) in [5.74, 6) is 2.59. The first-order valence-corrected chi connectivity index (χ1v) is 3.10. The first kappa shape index (κ1) is 5.65. The molecule has 0 aromatic rings. The highest BCUT2D eigenvalue weighted by molar-refractivity contribution is 4.87. The number of nitrogens with one attached hydrogen (secondary N) is 1. The highest BCUT2D eigenvalue weighted by Crippen LogP contribution is 2.17. The summed E-state index contributed by atoms with van der Waals surface area (Å²) < 4.78 is 0. The van der Waals surface area contributed by atoms with Crippen molar-refractivity contribution in [1.29, 1.82) is 0 Å². The maximum atomic E-state index is 5.05. The fourth-order valence-electron chi connectivity index (χ4n) is 0.636. The molecule has 0 amide bonds. The van der Waals surface area contributed by atoms with Crippen molar-refractivity contribution in [2.24, 2.45) is 0 Å². The Morgan fingerprint density at radius 1 is 1.62 bits per heavy atom. The van der Waals surface area contributed by atoms with Gasteiger partial charge in [-0.15, -0.1) is 12.3 Å². The lowest BCUT2D eigenvalue weighted by Crippen LogP contribution is -2.16. The molecule has 1 fully saturated rings. The molecule has 0 spiro atoms. The van der Waals surface area contributed by atoms with Crippen LogP contribution < -0.4 is 5.32 Å². The number of hydrogen-bond donors (Lipinski definition) is 1. The standard InChI is InChI=1S/C7H11N/c1-2-3-6-8-7-4-5-7/h1,7-8H,3-6H2. The predicted octanol–water partition coefficient (Wildman–Crippen LogP) is 0.762. The Morgan fingerprint density at radius 2 is 2.38 bits per heavy atom. The summed E-state index contributed by atoms with van der Waals surface area (Å²) in [6.07, 6.45) is 8.62. The van der Waals surface area contributed by atoms with E-state index in [0.717, 1.165) is 19.0 Å². The van der Waals surface area contributed by atoms with Gasteiger partial charge in [-0.1, -0.05) is 0 Å². The Hall–Kier alpha value is -0.480. The predicted molar refractivity (Wildman–Crippen MR) is 34.5 cm³/mol. The van der Waals surface area contributed by atoms with Gasteiger partial charge in [0.2, 0.25) is 0 Å². The van der Waals surface area contributed by atoms with Crippen LogP contribution in [0.2, 0.25) is 0 Å². The lowest BCUT2D eigenvalue weighted by Gasteiger charge is -1.94. The molecule has 0 aromatic carbocycles. The van der Waals surface area contributed by atoms with Crippen LogP contribution in [0, 0.1) is 12.3 Å². The van der Waals surface area contributed by atoms with Crippen molar-refractivity contribution in [2.75, 3.05) is 6.54 Å². The maximum Gasteiger partial charge on any atom is 0.0211 e. The first-order valence-electron chi connectivity index (χ1n) is 3.10. The molecular weight excluding hydrogens is 98.1 g/mol. The summed E-state index contributed by atoms with van der Waals surface area (Å²) in [6, 6.07) is 0.809. The molecule has 0 unspecified atom stereocenters. The van der Waals surface area contributed by atoms with E-state index in [0.29, 0.717) is 0 Å². The minimum Gasteiger partial charge on any atom is -0.313 e. The van der Waals surface area contributed by atoms with Crippen molar-refractivity contribution in [3.63, 3.8) is 0 Å². The SMILES string of the molecule is C#CCCNC1CC1. The van der Waals surface area contributed by atoms with Crippen molar-refractivity contribution >= 4 is 0 Å². The summed E-state index contributed by atoms with van der Waals surface area (Å²) in [6.45, 7) is 1.00. The van der Waals surface area contributed by atoms with Crippen LogP contribution in [0.5, 0.6) is 0 Å². The maximum absolute atomic E-state index is 5.05. The van der Waals surface area contributed by atoms with Crippen LogP contribution in [0.15, 0.2) is 0 Å². The summed E-state index contributed by atoms with van der Waals surface area (Å²) in [4.78, 5) is 0. The van der Waals surface area contributed by atoms with E-state index in [9.17, 15) is 0 Å². The largest absolute Gasteiger partial charge is 0.313 e. The third-order valence-electron chi connectivity index (χ3n) is 1.28. The van der Waals surface area contributed by atoms with Gasteiger partial charge in [-0.2, -0.15) is 0 Å². The Morgan fingerprint density at radius 3 is 2.88 bits per heavy atom. The second-order valence-corrected chi connectivity index (χ2v) is 2.18. The van der Waals surface area contributed by atoms with Crippen LogP contribution in [0.4, 0.5) is 0 Å². The molecule has 0 aliphatic heterocycles. The fourth-order valence-corrected chi connectivity index (χ4v) is 0.636. The van der Waals surface area contributed by atoms with Gasteiger partial charge in [0.25, 0.3) is 0 Å². The van der Waals surface area contributed by atoms with Gasteiger partial charge in [-0.05, 0) is 12.8 Å². The second kappa shape index (κ2) is 2.74. The summed E-state index contributed by atoms with van der Waals surface area (Å²) in [7, 11) is 0. The van der Waals surface area contributed by atoms with Gasteiger partial charge in [-0.3, -0.25) is 0 Å².